The van der Waals surface area contributed by atoms with Crippen LogP contribution in [-0.4, -0.2) is 35.0 Å². The van der Waals surface area contributed by atoms with Gasteiger partial charge < -0.3 is 4.90 Å². The van der Waals surface area contributed by atoms with E-state index in [0.717, 1.165) is 12.2 Å². The third-order valence-corrected chi connectivity index (χ3v) is 3.87. The van der Waals surface area contributed by atoms with Crippen LogP contribution < -0.4 is 4.90 Å². The van der Waals surface area contributed by atoms with E-state index in [1.807, 2.05) is 18.2 Å². The maximum Gasteiger partial charge on any atom is 0.312 e. The van der Waals surface area contributed by atoms with Crippen molar-refractivity contribution in [3.8, 4) is 0 Å². The van der Waals surface area contributed by atoms with E-state index >= 15 is 0 Å². The third kappa shape index (κ3) is 3.58. The maximum atomic E-state index is 11.1. The minimum atomic E-state index is -0.393. The van der Waals surface area contributed by atoms with Crippen LogP contribution >= 0.6 is 27.7 Å². The summed E-state index contributed by atoms with van der Waals surface area (Å²) in [5.74, 6) is 1.34. The molecule has 1 heterocycles. The first-order chi connectivity index (χ1) is 8.51. The minimum Gasteiger partial charge on any atom is -0.350 e. The maximum absolute atomic E-state index is 11.1. The molecule has 0 fully saturated rings. The summed E-state index contributed by atoms with van der Waals surface area (Å²) in [7, 11) is 1.85. The van der Waals surface area contributed by atoms with Crippen LogP contribution in [0.25, 0.3) is 0 Å². The Balaban J connectivity index is 3.11. The van der Waals surface area contributed by atoms with E-state index in [1.165, 1.54) is 6.07 Å². The van der Waals surface area contributed by atoms with Gasteiger partial charge >= 0.3 is 5.69 Å². The topological polar surface area (TPSA) is 59.3 Å². The molecule has 1 atom stereocenters. The molecule has 0 radical (unpaired) electrons. The van der Waals surface area contributed by atoms with Crippen molar-refractivity contribution in [2.24, 2.45) is 0 Å². The van der Waals surface area contributed by atoms with E-state index in [9.17, 15) is 10.1 Å². The number of hydrogen-bond acceptors (Lipinski definition) is 5. The zero-order valence-electron chi connectivity index (χ0n) is 10.6. The summed E-state index contributed by atoms with van der Waals surface area (Å²) in [6.07, 6.45) is 4.54. The van der Waals surface area contributed by atoms with E-state index in [2.05, 4.69) is 27.8 Å². The molecule has 0 saturated carbocycles. The summed E-state index contributed by atoms with van der Waals surface area (Å²) in [4.78, 5) is 16.7. The molecule has 18 heavy (non-hydrogen) atoms. The molecule has 7 heteroatoms. The smallest absolute Gasteiger partial charge is 0.312 e. The number of pyridine rings is 1. The highest BCUT2D eigenvalue weighted by Gasteiger charge is 2.23. The Morgan fingerprint density at radius 1 is 1.67 bits per heavy atom. The van der Waals surface area contributed by atoms with E-state index < -0.39 is 4.92 Å². The summed E-state index contributed by atoms with van der Waals surface area (Å²) < 4.78 is 0.615. The van der Waals surface area contributed by atoms with Gasteiger partial charge in [-0.25, -0.2) is 4.98 Å². The van der Waals surface area contributed by atoms with Crippen molar-refractivity contribution in [2.45, 2.75) is 19.4 Å². The van der Waals surface area contributed by atoms with Crippen LogP contribution in [0.1, 0.15) is 13.3 Å². The molecule has 0 aromatic carbocycles. The van der Waals surface area contributed by atoms with E-state index in [-0.39, 0.29) is 11.7 Å². The Morgan fingerprint density at radius 2 is 2.33 bits per heavy atom. The standard InChI is InChI=1S/C11H16BrN3O2S/c1-4-9(7-18-3)14(2)11-10(15(16)17)5-8(12)6-13-11/h5-6,9H,4,7H2,1-3H3. The highest BCUT2D eigenvalue weighted by atomic mass is 79.9. The highest BCUT2D eigenvalue weighted by molar-refractivity contribution is 9.10. The molecule has 0 saturated heterocycles. The molecule has 0 aliphatic rings. The van der Waals surface area contributed by atoms with Crippen molar-refractivity contribution in [1.82, 2.24) is 4.98 Å². The molecule has 0 aliphatic carbocycles. The molecule has 100 valence electrons. The van der Waals surface area contributed by atoms with Gasteiger partial charge in [-0.3, -0.25) is 10.1 Å². The number of thioether (sulfide) groups is 1. The van der Waals surface area contributed by atoms with Crippen molar-refractivity contribution in [2.75, 3.05) is 24.0 Å². The number of rotatable bonds is 6. The molecule has 1 aromatic rings. The first-order valence-corrected chi connectivity index (χ1v) is 7.71. The van der Waals surface area contributed by atoms with Gasteiger partial charge in [0, 0.05) is 35.6 Å². The first kappa shape index (κ1) is 15.2. The second kappa shape index (κ2) is 6.94. The Hall–Kier alpha value is -0.820. The number of halogens is 1. The summed E-state index contributed by atoms with van der Waals surface area (Å²) in [5.41, 5.74) is 0.0337. The molecule has 0 amide bonds. The Morgan fingerprint density at radius 3 is 2.83 bits per heavy atom. The number of nitro groups is 1. The van der Waals surface area contributed by atoms with Crippen LogP contribution in [0.15, 0.2) is 16.7 Å². The molecule has 1 unspecified atom stereocenters. The second-order valence-corrected chi connectivity index (χ2v) is 5.71. The molecule has 1 aromatic heterocycles. The third-order valence-electron chi connectivity index (χ3n) is 2.72. The van der Waals surface area contributed by atoms with Gasteiger partial charge in [-0.1, -0.05) is 6.92 Å². The van der Waals surface area contributed by atoms with Gasteiger partial charge in [0.15, 0.2) is 0 Å². The summed E-state index contributed by atoms with van der Waals surface area (Å²) in [6.45, 7) is 2.07. The SMILES string of the molecule is CCC(CSC)N(C)c1ncc(Br)cc1[N+](=O)[O-]. The van der Waals surface area contributed by atoms with Crippen molar-refractivity contribution < 1.29 is 4.92 Å². The van der Waals surface area contributed by atoms with Crippen LogP contribution in [0.3, 0.4) is 0 Å². The number of anilines is 1. The average Bonchev–Trinajstić information content (AvgIpc) is 2.35. The van der Waals surface area contributed by atoms with Gasteiger partial charge in [0.05, 0.1) is 4.92 Å². The normalized spacial score (nSPS) is 12.2. The number of hydrogen-bond donors (Lipinski definition) is 0. The van der Waals surface area contributed by atoms with Gasteiger partial charge in [0.1, 0.15) is 0 Å². The number of nitrogens with zero attached hydrogens (tertiary/aromatic N) is 3. The average molecular weight is 334 g/mol. The second-order valence-electron chi connectivity index (χ2n) is 3.88. The quantitative estimate of drug-likeness (QED) is 0.590. The van der Waals surface area contributed by atoms with Crippen LogP contribution in [0.4, 0.5) is 11.5 Å². The minimum absolute atomic E-state index is 0.0337. The fourth-order valence-corrected chi connectivity index (χ4v) is 2.86. The van der Waals surface area contributed by atoms with Gasteiger partial charge in [-0.15, -0.1) is 0 Å². The lowest BCUT2D eigenvalue weighted by Crippen LogP contribution is -2.34. The largest absolute Gasteiger partial charge is 0.350 e. The highest BCUT2D eigenvalue weighted by Crippen LogP contribution is 2.29. The fourth-order valence-electron chi connectivity index (χ4n) is 1.70. The van der Waals surface area contributed by atoms with Gasteiger partial charge in [0.25, 0.3) is 0 Å². The molecule has 0 aliphatic heterocycles. The zero-order chi connectivity index (χ0) is 13.7. The summed E-state index contributed by atoms with van der Waals surface area (Å²) in [6, 6.07) is 1.73. The lowest BCUT2D eigenvalue weighted by molar-refractivity contribution is -0.384. The van der Waals surface area contributed by atoms with Gasteiger partial charge in [0.2, 0.25) is 5.82 Å². The Labute approximate surface area is 119 Å². The fraction of sp³-hybridized carbons (Fsp3) is 0.545. The van der Waals surface area contributed by atoms with Crippen LogP contribution in [-0.2, 0) is 0 Å². The molecule has 5 nitrogen and oxygen atoms in total. The van der Waals surface area contributed by atoms with Crippen LogP contribution in [0, 0.1) is 10.1 Å². The zero-order valence-corrected chi connectivity index (χ0v) is 13.0. The van der Waals surface area contributed by atoms with E-state index in [4.69, 9.17) is 0 Å². The van der Waals surface area contributed by atoms with Gasteiger partial charge in [-0.05, 0) is 28.6 Å². The first-order valence-electron chi connectivity index (χ1n) is 5.53. The predicted molar refractivity (Wildman–Crippen MR) is 79.5 cm³/mol. The predicted octanol–water partition coefficient (Wildman–Crippen LogP) is 3.33. The van der Waals surface area contributed by atoms with Crippen LogP contribution in [0.2, 0.25) is 0 Å². The van der Waals surface area contributed by atoms with E-state index in [0.29, 0.717) is 10.3 Å². The van der Waals surface area contributed by atoms with Crippen LogP contribution in [0.5, 0.6) is 0 Å². The van der Waals surface area contributed by atoms with Crippen molar-refractivity contribution >= 4 is 39.2 Å². The lowest BCUT2D eigenvalue weighted by Gasteiger charge is -2.27. The monoisotopic (exact) mass is 333 g/mol. The Kier molecular flexibility index (Phi) is 5.87. The molecular weight excluding hydrogens is 318 g/mol. The molecule has 0 spiro atoms. The summed E-state index contributed by atoms with van der Waals surface area (Å²) >= 11 is 4.94. The molecule has 0 N–H and O–H groups in total. The molecule has 1 rings (SSSR count). The molecule has 0 bridgehead atoms. The van der Waals surface area contributed by atoms with Crippen molar-refractivity contribution in [3.63, 3.8) is 0 Å². The Bertz CT molecular complexity index is 431. The molecular formula is C11H16BrN3O2S. The van der Waals surface area contributed by atoms with Crippen molar-refractivity contribution in [3.05, 3.63) is 26.9 Å². The number of aromatic nitrogens is 1. The van der Waals surface area contributed by atoms with Gasteiger partial charge in [-0.2, -0.15) is 11.8 Å². The van der Waals surface area contributed by atoms with E-state index in [1.54, 1.807) is 18.0 Å². The summed E-state index contributed by atoms with van der Waals surface area (Å²) in [5, 5.41) is 11.1. The lowest BCUT2D eigenvalue weighted by atomic mass is 10.2. The van der Waals surface area contributed by atoms with Crippen molar-refractivity contribution in [1.29, 1.82) is 0 Å².